The van der Waals surface area contributed by atoms with Crippen LogP contribution in [0.1, 0.15) is 38.2 Å². The topological polar surface area (TPSA) is 58.6 Å². The number of aryl methyl sites for hydroxylation is 1. The summed E-state index contributed by atoms with van der Waals surface area (Å²) in [5.74, 6) is 0.0166. The number of nitrogens with zero attached hydrogens (tertiary/aromatic N) is 1. The van der Waals surface area contributed by atoms with Crippen molar-refractivity contribution in [2.24, 2.45) is 5.41 Å². The van der Waals surface area contributed by atoms with Crippen LogP contribution in [0.3, 0.4) is 0 Å². The Kier molecular flexibility index (Phi) is 5.77. The first-order valence-electron chi connectivity index (χ1n) is 9.41. The minimum Gasteiger partial charge on any atom is -0.381 e. The Bertz CT molecular complexity index is 662. The number of benzene rings is 1. The molecular weight excluding hydrogens is 328 g/mol. The summed E-state index contributed by atoms with van der Waals surface area (Å²) in [4.78, 5) is 26.1. The van der Waals surface area contributed by atoms with Crippen LogP contribution < -0.4 is 5.32 Å². The highest BCUT2D eigenvalue weighted by atomic mass is 16.5. The molecule has 1 aromatic carbocycles. The average Bonchev–Trinajstić information content (AvgIpc) is 2.97. The van der Waals surface area contributed by atoms with Gasteiger partial charge in [-0.15, -0.1) is 0 Å². The first kappa shape index (κ1) is 18.6. The molecule has 0 saturated carbocycles. The normalized spacial score (nSPS) is 21.6. The number of anilines is 1. The molecule has 2 aliphatic rings. The molecule has 3 rings (SSSR count). The summed E-state index contributed by atoms with van der Waals surface area (Å²) in [6, 6.07) is 7.95. The Balaban J connectivity index is 1.52. The molecule has 0 bridgehead atoms. The van der Waals surface area contributed by atoms with Crippen LogP contribution in [0.4, 0.5) is 5.69 Å². The number of hydrogen-bond donors (Lipinski definition) is 1. The van der Waals surface area contributed by atoms with Crippen LogP contribution in [0.2, 0.25) is 0 Å². The first-order valence-corrected chi connectivity index (χ1v) is 9.41. The van der Waals surface area contributed by atoms with Crippen LogP contribution in [0, 0.1) is 5.41 Å². The highest BCUT2D eigenvalue weighted by Crippen LogP contribution is 2.42. The van der Waals surface area contributed by atoms with E-state index >= 15 is 0 Å². The smallest absolute Gasteiger partial charge is 0.247 e. The van der Waals surface area contributed by atoms with E-state index in [0.717, 1.165) is 50.3 Å². The number of ether oxygens (including phenoxy) is 1. The van der Waals surface area contributed by atoms with Crippen LogP contribution >= 0.6 is 0 Å². The third-order valence-corrected chi connectivity index (χ3v) is 5.67. The summed E-state index contributed by atoms with van der Waals surface area (Å²) in [7, 11) is 0. The molecule has 2 heterocycles. The molecule has 2 saturated heterocycles. The molecule has 1 atom stereocenters. The van der Waals surface area contributed by atoms with E-state index in [-0.39, 0.29) is 17.2 Å². The molecule has 0 radical (unpaired) electrons. The van der Waals surface area contributed by atoms with Crippen molar-refractivity contribution in [3.05, 3.63) is 42.5 Å². The van der Waals surface area contributed by atoms with Crippen LogP contribution in [-0.4, -0.2) is 42.5 Å². The fraction of sp³-hybridized carbons (Fsp3) is 0.524. The van der Waals surface area contributed by atoms with Crippen molar-refractivity contribution in [1.29, 1.82) is 0 Å². The second kappa shape index (κ2) is 8.04. The number of rotatable bonds is 5. The summed E-state index contributed by atoms with van der Waals surface area (Å²) in [6.45, 7) is 8.13. The number of carbonyl (C=O) groups excluding carboxylic acids is 2. The number of hydrogen-bond acceptors (Lipinski definition) is 3. The second-order valence-corrected chi connectivity index (χ2v) is 7.58. The minimum absolute atomic E-state index is 0.224. The molecule has 5 heteroatoms. The Morgan fingerprint density at radius 2 is 2.00 bits per heavy atom. The molecule has 1 spiro atoms. The Morgan fingerprint density at radius 3 is 2.65 bits per heavy atom. The lowest BCUT2D eigenvalue weighted by Crippen LogP contribution is -2.37. The van der Waals surface area contributed by atoms with Gasteiger partial charge in [0.05, 0.1) is 0 Å². The van der Waals surface area contributed by atoms with E-state index < -0.39 is 0 Å². The first-order chi connectivity index (χ1) is 12.5. The van der Waals surface area contributed by atoms with Gasteiger partial charge in [0, 0.05) is 37.9 Å². The molecule has 1 N–H and O–H groups in total. The second-order valence-electron chi connectivity index (χ2n) is 7.58. The number of likely N-dealkylation sites (tertiary alicyclic amines) is 1. The maximum absolute atomic E-state index is 12.7. The maximum Gasteiger partial charge on any atom is 0.247 e. The van der Waals surface area contributed by atoms with Gasteiger partial charge in [0.15, 0.2) is 0 Å². The van der Waals surface area contributed by atoms with E-state index in [4.69, 9.17) is 4.74 Å². The molecule has 0 aromatic heterocycles. The highest BCUT2D eigenvalue weighted by Gasteiger charge is 2.44. The molecule has 0 aliphatic carbocycles. The number of carbonyl (C=O) groups is 2. The lowest BCUT2D eigenvalue weighted by atomic mass is 9.78. The van der Waals surface area contributed by atoms with Crippen LogP contribution in [0.5, 0.6) is 0 Å². The van der Waals surface area contributed by atoms with Gasteiger partial charge in [0.25, 0.3) is 0 Å². The van der Waals surface area contributed by atoms with Crippen LogP contribution in [0.25, 0.3) is 0 Å². The highest BCUT2D eigenvalue weighted by molar-refractivity contribution is 5.98. The van der Waals surface area contributed by atoms with Crippen molar-refractivity contribution in [2.45, 2.75) is 45.1 Å². The monoisotopic (exact) mass is 356 g/mol. The van der Waals surface area contributed by atoms with Gasteiger partial charge in [0.1, 0.15) is 0 Å². The molecule has 26 heavy (non-hydrogen) atoms. The molecule has 1 unspecified atom stereocenters. The average molecular weight is 356 g/mol. The van der Waals surface area contributed by atoms with Gasteiger partial charge in [-0.3, -0.25) is 9.59 Å². The quantitative estimate of drug-likeness (QED) is 0.825. The molecule has 140 valence electrons. The van der Waals surface area contributed by atoms with E-state index in [1.165, 1.54) is 6.08 Å². The standard InChI is InChI=1S/C21H28N2O3/c1-3-19(24)22-18-7-4-17(5-8-18)6-9-20(25)23-15-21(14-16(23)2)10-12-26-13-11-21/h3-5,7-8,16H,1,6,9-15H2,2H3,(H,22,24). The predicted octanol–water partition coefficient (Wildman–Crippen LogP) is 3.16. The van der Waals surface area contributed by atoms with Crippen molar-refractivity contribution in [2.75, 3.05) is 25.1 Å². The number of amides is 2. The fourth-order valence-electron chi connectivity index (χ4n) is 4.16. The van der Waals surface area contributed by atoms with Crippen LogP contribution in [-0.2, 0) is 20.7 Å². The Morgan fingerprint density at radius 1 is 1.31 bits per heavy atom. The largest absolute Gasteiger partial charge is 0.381 e. The molecule has 2 aliphatic heterocycles. The van der Waals surface area contributed by atoms with Crippen molar-refractivity contribution in [1.82, 2.24) is 4.90 Å². The zero-order chi connectivity index (χ0) is 18.6. The van der Waals surface area contributed by atoms with Gasteiger partial charge in [-0.2, -0.15) is 0 Å². The third-order valence-electron chi connectivity index (χ3n) is 5.67. The fourth-order valence-corrected chi connectivity index (χ4v) is 4.16. The zero-order valence-corrected chi connectivity index (χ0v) is 15.5. The van der Waals surface area contributed by atoms with E-state index in [2.05, 4.69) is 23.7 Å². The SMILES string of the molecule is C=CC(=O)Nc1ccc(CCC(=O)N2CC3(CCOCC3)CC2C)cc1. The van der Waals surface area contributed by atoms with E-state index in [1.807, 2.05) is 24.3 Å². The Labute approximate surface area is 155 Å². The molecule has 5 nitrogen and oxygen atoms in total. The van der Waals surface area contributed by atoms with Crippen molar-refractivity contribution in [3.63, 3.8) is 0 Å². The molecule has 2 fully saturated rings. The lowest BCUT2D eigenvalue weighted by molar-refractivity contribution is -0.132. The van der Waals surface area contributed by atoms with Gasteiger partial charge < -0.3 is 15.0 Å². The summed E-state index contributed by atoms with van der Waals surface area (Å²) in [6.07, 6.45) is 5.72. The Hall–Kier alpha value is -2.14. The van der Waals surface area contributed by atoms with Gasteiger partial charge in [-0.05, 0) is 61.8 Å². The number of nitrogens with one attached hydrogen (secondary N) is 1. The molecular formula is C21H28N2O3. The van der Waals surface area contributed by atoms with E-state index in [9.17, 15) is 9.59 Å². The molecule has 1 aromatic rings. The van der Waals surface area contributed by atoms with Gasteiger partial charge in [-0.1, -0.05) is 18.7 Å². The third kappa shape index (κ3) is 4.33. The van der Waals surface area contributed by atoms with Gasteiger partial charge in [-0.25, -0.2) is 0 Å². The summed E-state index contributed by atoms with van der Waals surface area (Å²) < 4.78 is 5.50. The van der Waals surface area contributed by atoms with Crippen LogP contribution in [0.15, 0.2) is 36.9 Å². The summed E-state index contributed by atoms with van der Waals surface area (Å²) in [5.41, 5.74) is 2.11. The minimum atomic E-state index is -0.224. The van der Waals surface area contributed by atoms with Crippen molar-refractivity contribution >= 4 is 17.5 Å². The van der Waals surface area contributed by atoms with E-state index in [1.54, 1.807) is 0 Å². The van der Waals surface area contributed by atoms with Gasteiger partial charge >= 0.3 is 0 Å². The zero-order valence-electron chi connectivity index (χ0n) is 15.5. The molecule has 2 amide bonds. The summed E-state index contributed by atoms with van der Waals surface area (Å²) >= 11 is 0. The van der Waals surface area contributed by atoms with Crippen molar-refractivity contribution < 1.29 is 14.3 Å². The lowest BCUT2D eigenvalue weighted by Gasteiger charge is -2.33. The van der Waals surface area contributed by atoms with Gasteiger partial charge in [0.2, 0.25) is 11.8 Å². The maximum atomic E-state index is 12.7. The summed E-state index contributed by atoms with van der Waals surface area (Å²) in [5, 5.41) is 2.72. The predicted molar refractivity (Wildman–Crippen MR) is 102 cm³/mol. The van der Waals surface area contributed by atoms with Crippen molar-refractivity contribution in [3.8, 4) is 0 Å². The van der Waals surface area contributed by atoms with E-state index in [0.29, 0.717) is 18.9 Å².